The lowest BCUT2D eigenvalue weighted by molar-refractivity contribution is 0.0950. The number of aromatic nitrogens is 2. The number of likely N-dealkylation sites (tertiary alicyclic amines) is 1. The van der Waals surface area contributed by atoms with Crippen LogP contribution < -0.4 is 5.32 Å². The van der Waals surface area contributed by atoms with E-state index in [0.29, 0.717) is 28.6 Å². The lowest BCUT2D eigenvalue weighted by Gasteiger charge is -2.16. The lowest BCUT2D eigenvalue weighted by Crippen LogP contribution is -2.29. The van der Waals surface area contributed by atoms with E-state index in [0.717, 1.165) is 61.4 Å². The van der Waals surface area contributed by atoms with E-state index >= 15 is 0 Å². The molecule has 3 aromatic rings. The third kappa shape index (κ3) is 3.60. The molecule has 7 heteroatoms. The summed E-state index contributed by atoms with van der Waals surface area (Å²) >= 11 is 0. The van der Waals surface area contributed by atoms with Crippen LogP contribution in [0.1, 0.15) is 58.6 Å². The number of hydrogen-bond donors (Lipinski definition) is 4. The van der Waals surface area contributed by atoms with Gasteiger partial charge in [0.1, 0.15) is 5.82 Å². The molecule has 6 nitrogen and oxygen atoms in total. The van der Waals surface area contributed by atoms with Gasteiger partial charge < -0.3 is 25.3 Å². The number of aryl methyl sites for hydroxylation is 1. The maximum atomic E-state index is 14.7. The fourth-order valence-electron chi connectivity index (χ4n) is 5.21. The summed E-state index contributed by atoms with van der Waals surface area (Å²) in [6.45, 7) is 5.88. The molecule has 1 fully saturated rings. The first-order valence-corrected chi connectivity index (χ1v) is 11.5. The number of benzene rings is 1. The smallest absolute Gasteiger partial charge is 0.253 e. The molecule has 0 atom stereocenters. The van der Waals surface area contributed by atoms with Crippen LogP contribution in [0, 0.1) is 12.7 Å². The second-order valence-corrected chi connectivity index (χ2v) is 8.80. The highest BCUT2D eigenvalue weighted by molar-refractivity contribution is 6.03. The minimum atomic E-state index is -0.388. The van der Waals surface area contributed by atoms with Crippen molar-refractivity contribution in [1.82, 2.24) is 20.2 Å². The largest absolute Gasteiger partial charge is 0.494 e. The van der Waals surface area contributed by atoms with Crippen LogP contribution in [0.15, 0.2) is 24.3 Å². The molecular formula is C25H29FN4O2. The van der Waals surface area contributed by atoms with Crippen molar-refractivity contribution in [2.75, 3.05) is 26.2 Å². The number of amides is 1. The van der Waals surface area contributed by atoms with Crippen LogP contribution in [0.4, 0.5) is 4.39 Å². The molecule has 1 aliphatic heterocycles. The molecule has 0 saturated carbocycles. The highest BCUT2D eigenvalue weighted by Crippen LogP contribution is 2.42. The third-order valence-electron chi connectivity index (χ3n) is 6.69. The summed E-state index contributed by atoms with van der Waals surface area (Å²) in [4.78, 5) is 21.7. The van der Waals surface area contributed by atoms with Crippen molar-refractivity contribution in [2.24, 2.45) is 0 Å². The van der Waals surface area contributed by atoms with Crippen LogP contribution in [-0.2, 0) is 6.42 Å². The summed E-state index contributed by atoms with van der Waals surface area (Å²) in [5, 5.41) is 14.0. The molecule has 168 valence electrons. The van der Waals surface area contributed by atoms with Crippen molar-refractivity contribution in [3.63, 3.8) is 0 Å². The van der Waals surface area contributed by atoms with Crippen molar-refractivity contribution in [1.29, 1.82) is 0 Å². The van der Waals surface area contributed by atoms with E-state index < -0.39 is 0 Å². The Kier molecular flexibility index (Phi) is 5.51. The van der Waals surface area contributed by atoms with Gasteiger partial charge in [-0.15, -0.1) is 0 Å². The first-order chi connectivity index (χ1) is 15.5. The van der Waals surface area contributed by atoms with Crippen molar-refractivity contribution < 1.29 is 14.3 Å². The number of carbonyl (C=O) groups is 1. The van der Waals surface area contributed by atoms with Gasteiger partial charge in [-0.05, 0) is 76.4 Å². The molecule has 3 heterocycles. The normalized spacial score (nSPS) is 16.4. The second-order valence-electron chi connectivity index (χ2n) is 8.80. The first kappa shape index (κ1) is 20.8. The molecule has 5 rings (SSSR count). The molecule has 4 N–H and O–H groups in total. The van der Waals surface area contributed by atoms with Crippen LogP contribution in [0.5, 0.6) is 5.88 Å². The molecule has 0 spiro atoms. The highest BCUT2D eigenvalue weighted by Gasteiger charge is 2.28. The number of nitrogens with one attached hydrogen (secondary N) is 3. The van der Waals surface area contributed by atoms with Crippen LogP contribution in [-0.4, -0.2) is 52.1 Å². The third-order valence-corrected chi connectivity index (χ3v) is 6.69. The number of aromatic hydroxyl groups is 1. The molecule has 1 amide bonds. The SMILES string of the molecule is Cc1[nH]c2c(c1C(=O)NCCCN1CCCC1)CCC=C2c1c(O)[nH]c2cccc(F)c12. The topological polar surface area (TPSA) is 84.2 Å². The van der Waals surface area contributed by atoms with Crippen molar-refractivity contribution in [2.45, 2.75) is 39.0 Å². The van der Waals surface area contributed by atoms with E-state index in [2.05, 4.69) is 20.2 Å². The van der Waals surface area contributed by atoms with Crippen LogP contribution >= 0.6 is 0 Å². The lowest BCUT2D eigenvalue weighted by atomic mass is 9.89. The number of fused-ring (bicyclic) bond motifs is 2. The van der Waals surface area contributed by atoms with E-state index in [9.17, 15) is 14.3 Å². The number of nitrogens with zero attached hydrogens (tertiary/aromatic N) is 1. The Morgan fingerprint density at radius 2 is 2.06 bits per heavy atom. The van der Waals surface area contributed by atoms with Gasteiger partial charge in [0.25, 0.3) is 5.91 Å². The molecule has 0 radical (unpaired) electrons. The zero-order valence-corrected chi connectivity index (χ0v) is 18.4. The minimum Gasteiger partial charge on any atom is -0.494 e. The summed E-state index contributed by atoms with van der Waals surface area (Å²) in [5.74, 6) is -0.525. The van der Waals surface area contributed by atoms with Gasteiger partial charge in [0, 0.05) is 23.2 Å². The highest BCUT2D eigenvalue weighted by atomic mass is 19.1. The monoisotopic (exact) mass is 436 g/mol. The predicted molar refractivity (Wildman–Crippen MR) is 123 cm³/mol. The van der Waals surface area contributed by atoms with Gasteiger partial charge in [-0.2, -0.15) is 0 Å². The zero-order valence-electron chi connectivity index (χ0n) is 18.4. The quantitative estimate of drug-likeness (QED) is 0.436. The number of hydrogen-bond acceptors (Lipinski definition) is 3. The molecule has 32 heavy (non-hydrogen) atoms. The Morgan fingerprint density at radius 3 is 2.88 bits per heavy atom. The Balaban J connectivity index is 1.40. The average molecular weight is 437 g/mol. The van der Waals surface area contributed by atoms with Crippen LogP contribution in [0.3, 0.4) is 0 Å². The van der Waals surface area contributed by atoms with E-state index in [1.807, 2.05) is 13.0 Å². The zero-order chi connectivity index (χ0) is 22.2. The number of rotatable bonds is 6. The van der Waals surface area contributed by atoms with E-state index in [1.165, 1.54) is 18.9 Å². The summed E-state index contributed by atoms with van der Waals surface area (Å²) in [7, 11) is 0. The summed E-state index contributed by atoms with van der Waals surface area (Å²) < 4.78 is 14.7. The van der Waals surface area contributed by atoms with E-state index in [4.69, 9.17) is 0 Å². The number of aromatic amines is 2. The number of carbonyl (C=O) groups excluding carboxylic acids is 1. The molecular weight excluding hydrogens is 407 g/mol. The molecule has 1 aliphatic carbocycles. The predicted octanol–water partition coefficient (Wildman–Crippen LogP) is 4.24. The van der Waals surface area contributed by atoms with Crippen LogP contribution in [0.2, 0.25) is 0 Å². The van der Waals surface area contributed by atoms with Crippen molar-refractivity contribution in [3.8, 4) is 5.88 Å². The summed E-state index contributed by atoms with van der Waals surface area (Å²) in [6.07, 6.45) is 6.93. The van der Waals surface area contributed by atoms with Gasteiger partial charge in [-0.1, -0.05) is 12.1 Å². The number of halogens is 1. The van der Waals surface area contributed by atoms with Gasteiger partial charge in [-0.3, -0.25) is 4.79 Å². The molecule has 2 aromatic heterocycles. The standard InChI is InChI=1S/C25H29FN4O2/c1-15-20(24(31)27-11-6-14-30-12-2-3-13-30)16-7-4-8-17(23(16)28-15)21-22-18(26)9-5-10-19(22)29-25(21)32/h5,8-10,28-29,32H,2-4,6-7,11-14H2,1H3,(H,27,31). The van der Waals surface area contributed by atoms with Crippen LogP contribution in [0.25, 0.3) is 16.5 Å². The molecule has 0 bridgehead atoms. The maximum absolute atomic E-state index is 14.7. The molecule has 1 aromatic carbocycles. The maximum Gasteiger partial charge on any atom is 0.253 e. The van der Waals surface area contributed by atoms with Gasteiger partial charge in [-0.25, -0.2) is 4.39 Å². The Bertz CT molecular complexity index is 1200. The number of allylic oxidation sites excluding steroid dienone is 1. The Morgan fingerprint density at radius 1 is 1.25 bits per heavy atom. The van der Waals surface area contributed by atoms with Crippen molar-refractivity contribution >= 4 is 22.4 Å². The van der Waals surface area contributed by atoms with Gasteiger partial charge in [0.15, 0.2) is 5.88 Å². The molecule has 1 saturated heterocycles. The van der Waals surface area contributed by atoms with E-state index in [-0.39, 0.29) is 17.6 Å². The Labute approximate surface area is 186 Å². The van der Waals surface area contributed by atoms with Gasteiger partial charge in [0.2, 0.25) is 0 Å². The summed E-state index contributed by atoms with van der Waals surface area (Å²) in [5.41, 5.74) is 4.91. The van der Waals surface area contributed by atoms with Crippen molar-refractivity contribution in [3.05, 3.63) is 58.2 Å². The average Bonchev–Trinajstić information content (AvgIpc) is 3.48. The number of H-pyrrole nitrogens is 2. The molecule has 2 aliphatic rings. The van der Waals surface area contributed by atoms with Gasteiger partial charge >= 0.3 is 0 Å². The first-order valence-electron chi connectivity index (χ1n) is 11.5. The minimum absolute atomic E-state index is 0.0654. The van der Waals surface area contributed by atoms with Gasteiger partial charge in [0.05, 0.1) is 22.3 Å². The second kappa shape index (κ2) is 8.47. The molecule has 0 unspecified atom stereocenters. The van der Waals surface area contributed by atoms with E-state index in [1.54, 1.807) is 12.1 Å². The Hall–Kier alpha value is -3.06. The summed E-state index contributed by atoms with van der Waals surface area (Å²) in [6, 6.07) is 4.75. The fourth-order valence-corrected chi connectivity index (χ4v) is 5.21. The fraction of sp³-hybridized carbons (Fsp3) is 0.400.